The van der Waals surface area contributed by atoms with E-state index in [1.54, 1.807) is 31.4 Å². The van der Waals surface area contributed by atoms with E-state index in [9.17, 15) is 14.7 Å². The summed E-state index contributed by atoms with van der Waals surface area (Å²) in [6.07, 6.45) is 1.25. The van der Waals surface area contributed by atoms with E-state index < -0.39 is 5.97 Å². The van der Waals surface area contributed by atoms with E-state index in [0.717, 1.165) is 37.6 Å². The SMILES string of the molecule is COC(=O)c1ccc(Oc2coc3c(CN4CCN(c5ccc(OC)cc5)CC4)c(O)ccc3c2=O)cc1. The van der Waals surface area contributed by atoms with Crippen molar-refractivity contribution in [2.45, 2.75) is 6.54 Å². The average Bonchev–Trinajstić information content (AvgIpc) is 2.96. The minimum atomic E-state index is -0.462. The van der Waals surface area contributed by atoms with Crippen LogP contribution in [0, 0.1) is 0 Å². The Morgan fingerprint density at radius 3 is 2.26 bits per heavy atom. The standard InChI is InChI=1S/C29H28N2O7/c1-35-21-9-5-20(6-10-21)31-15-13-30(14-16-31)17-24-25(32)12-11-23-27(33)26(18-37-28(23)24)38-22-7-3-19(4-8-22)29(34)36-2/h3-12,18,32H,13-17H2,1-2H3. The first kappa shape index (κ1) is 25.2. The predicted molar refractivity (Wildman–Crippen MR) is 142 cm³/mol. The highest BCUT2D eigenvalue weighted by Crippen LogP contribution is 2.30. The molecule has 1 N–H and O–H groups in total. The van der Waals surface area contributed by atoms with Crippen LogP contribution in [-0.2, 0) is 11.3 Å². The lowest BCUT2D eigenvalue weighted by molar-refractivity contribution is 0.0600. The van der Waals surface area contributed by atoms with Crippen LogP contribution in [0.1, 0.15) is 15.9 Å². The molecule has 0 amide bonds. The van der Waals surface area contributed by atoms with Gasteiger partial charge in [-0.25, -0.2) is 4.79 Å². The summed E-state index contributed by atoms with van der Waals surface area (Å²) in [5, 5.41) is 10.9. The van der Waals surface area contributed by atoms with Crippen molar-refractivity contribution in [3.8, 4) is 23.0 Å². The molecule has 9 heteroatoms. The second-order valence-electron chi connectivity index (χ2n) is 8.95. The molecule has 196 valence electrons. The molecule has 38 heavy (non-hydrogen) atoms. The van der Waals surface area contributed by atoms with E-state index in [2.05, 4.69) is 9.80 Å². The Bertz CT molecular complexity index is 1490. The molecule has 0 aliphatic carbocycles. The second-order valence-corrected chi connectivity index (χ2v) is 8.95. The number of hydrogen-bond donors (Lipinski definition) is 1. The van der Waals surface area contributed by atoms with Crippen molar-refractivity contribution in [1.29, 1.82) is 0 Å². The highest BCUT2D eigenvalue weighted by molar-refractivity contribution is 5.89. The van der Waals surface area contributed by atoms with Crippen molar-refractivity contribution in [2.75, 3.05) is 45.3 Å². The maximum Gasteiger partial charge on any atom is 0.337 e. The summed E-state index contributed by atoms with van der Waals surface area (Å²) in [5.74, 6) is 0.818. The molecule has 1 fully saturated rings. The molecule has 0 saturated carbocycles. The first-order chi connectivity index (χ1) is 18.5. The Labute approximate surface area is 219 Å². The fourth-order valence-corrected chi connectivity index (χ4v) is 4.54. The van der Waals surface area contributed by atoms with Gasteiger partial charge in [0.2, 0.25) is 11.2 Å². The van der Waals surface area contributed by atoms with Crippen molar-refractivity contribution in [3.05, 3.63) is 88.3 Å². The number of carbonyl (C=O) groups excluding carboxylic acids is 1. The van der Waals surface area contributed by atoms with Gasteiger partial charge >= 0.3 is 5.97 Å². The Hall–Kier alpha value is -4.50. The molecule has 5 rings (SSSR count). The number of ether oxygens (including phenoxy) is 3. The molecule has 0 atom stereocenters. The Morgan fingerprint density at radius 1 is 0.921 bits per heavy atom. The van der Waals surface area contributed by atoms with Gasteiger partial charge in [-0.05, 0) is 60.7 Å². The fourth-order valence-electron chi connectivity index (χ4n) is 4.54. The van der Waals surface area contributed by atoms with E-state index in [0.29, 0.717) is 34.4 Å². The number of aromatic hydroxyl groups is 1. The number of fused-ring (bicyclic) bond motifs is 1. The summed E-state index contributed by atoms with van der Waals surface area (Å²) in [4.78, 5) is 29.3. The molecule has 4 aromatic rings. The zero-order chi connectivity index (χ0) is 26.6. The molecule has 3 aromatic carbocycles. The highest BCUT2D eigenvalue weighted by atomic mass is 16.5. The lowest BCUT2D eigenvalue weighted by Gasteiger charge is -2.36. The van der Waals surface area contributed by atoms with Crippen LogP contribution in [0.4, 0.5) is 5.69 Å². The number of benzene rings is 3. The van der Waals surface area contributed by atoms with E-state index in [1.165, 1.54) is 25.5 Å². The Morgan fingerprint density at radius 2 is 1.61 bits per heavy atom. The third-order valence-electron chi connectivity index (χ3n) is 6.68. The van der Waals surface area contributed by atoms with Gasteiger partial charge in [0.05, 0.1) is 30.7 Å². The highest BCUT2D eigenvalue weighted by Gasteiger charge is 2.22. The predicted octanol–water partition coefficient (Wildman–Crippen LogP) is 4.41. The van der Waals surface area contributed by atoms with Gasteiger partial charge in [-0.15, -0.1) is 0 Å². The van der Waals surface area contributed by atoms with Crippen LogP contribution >= 0.6 is 0 Å². The lowest BCUT2D eigenvalue weighted by Crippen LogP contribution is -2.46. The number of hydrogen-bond acceptors (Lipinski definition) is 9. The number of rotatable bonds is 7. The summed E-state index contributed by atoms with van der Waals surface area (Å²) < 4.78 is 21.5. The number of anilines is 1. The van der Waals surface area contributed by atoms with Crippen LogP contribution in [-0.4, -0.2) is 56.4 Å². The average molecular weight is 517 g/mol. The van der Waals surface area contributed by atoms with E-state index >= 15 is 0 Å². The van der Waals surface area contributed by atoms with Gasteiger partial charge in [0.1, 0.15) is 29.1 Å². The van der Waals surface area contributed by atoms with Crippen molar-refractivity contribution < 1.29 is 28.5 Å². The quantitative estimate of drug-likeness (QED) is 0.358. The number of methoxy groups -OCH3 is 2. The van der Waals surface area contributed by atoms with Crippen molar-refractivity contribution in [3.63, 3.8) is 0 Å². The van der Waals surface area contributed by atoms with Gasteiger partial charge < -0.3 is 28.6 Å². The summed E-state index contributed by atoms with van der Waals surface area (Å²) in [5.41, 5.74) is 2.05. The summed E-state index contributed by atoms with van der Waals surface area (Å²) in [6.45, 7) is 3.67. The normalized spacial score (nSPS) is 13.9. The Balaban J connectivity index is 1.31. The number of esters is 1. The van der Waals surface area contributed by atoms with Crippen LogP contribution in [0.5, 0.6) is 23.0 Å². The van der Waals surface area contributed by atoms with Crippen molar-refractivity contribution in [1.82, 2.24) is 4.90 Å². The first-order valence-electron chi connectivity index (χ1n) is 12.2. The topological polar surface area (TPSA) is 102 Å². The van der Waals surface area contributed by atoms with Gasteiger partial charge in [-0.2, -0.15) is 0 Å². The summed E-state index contributed by atoms with van der Waals surface area (Å²) in [6, 6.07) is 17.3. The minimum Gasteiger partial charge on any atom is -0.507 e. The van der Waals surface area contributed by atoms with Gasteiger partial charge in [-0.1, -0.05) is 0 Å². The lowest BCUT2D eigenvalue weighted by atomic mass is 10.1. The van der Waals surface area contributed by atoms with E-state index in [-0.39, 0.29) is 16.9 Å². The first-order valence-corrected chi connectivity index (χ1v) is 12.2. The number of piperazine rings is 1. The molecular weight excluding hydrogens is 488 g/mol. The molecule has 0 radical (unpaired) electrons. The van der Waals surface area contributed by atoms with Crippen molar-refractivity contribution in [2.24, 2.45) is 0 Å². The minimum absolute atomic E-state index is 0.00747. The van der Waals surface area contributed by atoms with Crippen LogP contribution in [0.25, 0.3) is 11.0 Å². The number of nitrogens with zero attached hydrogens (tertiary/aromatic N) is 2. The van der Waals surface area contributed by atoms with Gasteiger partial charge in [0, 0.05) is 38.4 Å². The molecule has 1 saturated heterocycles. The smallest absolute Gasteiger partial charge is 0.337 e. The van der Waals surface area contributed by atoms with Gasteiger partial charge in [-0.3, -0.25) is 9.69 Å². The molecule has 2 heterocycles. The molecule has 9 nitrogen and oxygen atoms in total. The third kappa shape index (κ3) is 5.14. The summed E-state index contributed by atoms with van der Waals surface area (Å²) in [7, 11) is 2.96. The molecule has 0 bridgehead atoms. The van der Waals surface area contributed by atoms with Crippen molar-refractivity contribution >= 4 is 22.6 Å². The fraction of sp³-hybridized carbons (Fsp3) is 0.241. The third-order valence-corrected chi connectivity index (χ3v) is 6.68. The molecule has 1 aliphatic rings. The van der Waals surface area contributed by atoms with Gasteiger partial charge in [0.15, 0.2) is 0 Å². The molecule has 1 aromatic heterocycles. The van der Waals surface area contributed by atoms with Crippen LogP contribution in [0.3, 0.4) is 0 Å². The zero-order valence-corrected chi connectivity index (χ0v) is 21.2. The largest absolute Gasteiger partial charge is 0.507 e. The maximum atomic E-state index is 13.2. The number of carbonyl (C=O) groups is 1. The number of phenolic OH excluding ortho intramolecular Hbond substituents is 1. The monoisotopic (exact) mass is 516 g/mol. The molecular formula is C29H28N2O7. The molecule has 1 aliphatic heterocycles. The number of phenols is 1. The van der Waals surface area contributed by atoms with Crippen LogP contribution in [0.15, 0.2) is 76.1 Å². The van der Waals surface area contributed by atoms with E-state index in [4.69, 9.17) is 18.6 Å². The molecule has 0 spiro atoms. The molecule has 0 unspecified atom stereocenters. The second kappa shape index (κ2) is 10.9. The Kier molecular flexibility index (Phi) is 7.19. The maximum absolute atomic E-state index is 13.2. The zero-order valence-electron chi connectivity index (χ0n) is 21.2. The van der Waals surface area contributed by atoms with Crippen LogP contribution in [0.2, 0.25) is 0 Å². The van der Waals surface area contributed by atoms with Gasteiger partial charge in [0.25, 0.3) is 0 Å². The van der Waals surface area contributed by atoms with E-state index in [1.807, 2.05) is 24.3 Å². The van der Waals surface area contributed by atoms with Crippen LogP contribution < -0.4 is 19.8 Å². The summed E-state index contributed by atoms with van der Waals surface area (Å²) >= 11 is 0.